The van der Waals surface area contributed by atoms with Crippen molar-refractivity contribution < 1.29 is 4.39 Å². The van der Waals surface area contributed by atoms with Crippen molar-refractivity contribution in [2.24, 2.45) is 0 Å². The fraction of sp³-hybridized carbons (Fsp3) is 0. The van der Waals surface area contributed by atoms with Crippen molar-refractivity contribution >= 4 is 11.6 Å². The first-order valence-electron chi connectivity index (χ1n) is 2.05. The first-order valence-corrected chi connectivity index (χ1v) is 2.43. The molecule has 0 radical (unpaired) electrons. The van der Waals surface area contributed by atoms with Crippen molar-refractivity contribution in [3.63, 3.8) is 0 Å². The summed E-state index contributed by atoms with van der Waals surface area (Å²) >= 11 is 5.34. The monoisotopic (exact) mass is 131 g/mol. The standard InChI is InChI=1S/C5H3ClFN/c6-4-1-5(7)3-8-2-4/h1-3H. The smallest absolute Gasteiger partial charge is 0.142 e. The van der Waals surface area contributed by atoms with Gasteiger partial charge in [-0.1, -0.05) is 11.6 Å². The van der Waals surface area contributed by atoms with Gasteiger partial charge in [0.15, 0.2) is 0 Å². The number of hydrogen-bond acceptors (Lipinski definition) is 1. The summed E-state index contributed by atoms with van der Waals surface area (Å²) in [6.45, 7) is 0. The maximum Gasteiger partial charge on any atom is 0.142 e. The van der Waals surface area contributed by atoms with Crippen molar-refractivity contribution in [2.75, 3.05) is 0 Å². The fourth-order valence-corrected chi connectivity index (χ4v) is 0.547. The molecule has 1 aromatic heterocycles. The molecule has 0 amide bonds. The van der Waals surface area contributed by atoms with Gasteiger partial charge in [0.05, 0.1) is 11.2 Å². The number of pyridine rings is 1. The molecule has 0 N–H and O–H groups in total. The summed E-state index contributed by atoms with van der Waals surface area (Å²) in [4.78, 5) is 3.48. The second-order valence-corrected chi connectivity index (χ2v) is 1.76. The molecular formula is C5H3ClFN. The topological polar surface area (TPSA) is 12.9 Å². The van der Waals surface area contributed by atoms with Gasteiger partial charge in [0.2, 0.25) is 0 Å². The minimum absolute atomic E-state index is 0.324. The molecular weight excluding hydrogens is 129 g/mol. The highest BCUT2D eigenvalue weighted by atomic mass is 35.5. The van der Waals surface area contributed by atoms with E-state index in [0.29, 0.717) is 5.02 Å². The molecule has 0 fully saturated rings. The second kappa shape index (κ2) is 2.09. The van der Waals surface area contributed by atoms with Gasteiger partial charge in [-0.2, -0.15) is 0 Å². The number of nitrogens with zero attached hydrogens (tertiary/aromatic N) is 1. The third-order valence-corrected chi connectivity index (χ3v) is 0.878. The molecule has 0 saturated heterocycles. The van der Waals surface area contributed by atoms with Crippen LogP contribution < -0.4 is 0 Å². The predicted molar refractivity (Wildman–Crippen MR) is 29.2 cm³/mol. The van der Waals surface area contributed by atoms with Crippen molar-refractivity contribution in [3.8, 4) is 0 Å². The Morgan fingerprint density at radius 2 is 2.25 bits per heavy atom. The Morgan fingerprint density at radius 1 is 1.50 bits per heavy atom. The first kappa shape index (κ1) is 5.51. The highest BCUT2D eigenvalue weighted by molar-refractivity contribution is 6.30. The van der Waals surface area contributed by atoms with Crippen molar-refractivity contribution in [3.05, 3.63) is 29.3 Å². The van der Waals surface area contributed by atoms with E-state index in [1.165, 1.54) is 12.3 Å². The predicted octanol–water partition coefficient (Wildman–Crippen LogP) is 1.87. The molecule has 0 bridgehead atoms. The quantitative estimate of drug-likeness (QED) is 0.524. The molecule has 1 rings (SSSR count). The van der Waals surface area contributed by atoms with Gasteiger partial charge in [-0.05, 0) is 6.07 Å². The largest absolute Gasteiger partial charge is 0.260 e. The lowest BCUT2D eigenvalue weighted by Crippen LogP contribution is -1.74. The zero-order chi connectivity index (χ0) is 5.98. The molecule has 8 heavy (non-hydrogen) atoms. The molecule has 0 atom stereocenters. The van der Waals surface area contributed by atoms with Crippen LogP contribution in [0.1, 0.15) is 0 Å². The molecule has 1 heterocycles. The Morgan fingerprint density at radius 3 is 2.62 bits per heavy atom. The fourth-order valence-electron chi connectivity index (χ4n) is 0.386. The van der Waals surface area contributed by atoms with Crippen LogP contribution in [0, 0.1) is 5.82 Å². The average Bonchev–Trinajstić information content (AvgIpc) is 1.64. The van der Waals surface area contributed by atoms with Gasteiger partial charge in [-0.15, -0.1) is 0 Å². The summed E-state index contributed by atoms with van der Waals surface area (Å²) in [5.74, 6) is -0.405. The van der Waals surface area contributed by atoms with Gasteiger partial charge in [0.1, 0.15) is 5.82 Å². The van der Waals surface area contributed by atoms with E-state index >= 15 is 0 Å². The molecule has 0 aromatic carbocycles. The van der Waals surface area contributed by atoms with E-state index in [1.807, 2.05) is 0 Å². The highest BCUT2D eigenvalue weighted by Crippen LogP contribution is 2.05. The lowest BCUT2D eigenvalue weighted by molar-refractivity contribution is 0.621. The Kier molecular flexibility index (Phi) is 1.44. The highest BCUT2D eigenvalue weighted by Gasteiger charge is 1.87. The summed E-state index contributed by atoms with van der Waals surface area (Å²) < 4.78 is 12.0. The Bertz CT molecular complexity index is 172. The molecule has 0 aliphatic rings. The zero-order valence-electron chi connectivity index (χ0n) is 3.94. The van der Waals surface area contributed by atoms with E-state index in [2.05, 4.69) is 4.98 Å². The Labute approximate surface area is 51.1 Å². The van der Waals surface area contributed by atoms with Crippen LogP contribution in [-0.4, -0.2) is 4.98 Å². The summed E-state index contributed by atoms with van der Waals surface area (Å²) in [6, 6.07) is 1.20. The van der Waals surface area contributed by atoms with Gasteiger partial charge < -0.3 is 0 Å². The number of halogens is 2. The minimum atomic E-state index is -0.405. The van der Waals surface area contributed by atoms with E-state index in [-0.39, 0.29) is 0 Å². The van der Waals surface area contributed by atoms with E-state index < -0.39 is 5.82 Å². The van der Waals surface area contributed by atoms with E-state index in [9.17, 15) is 4.39 Å². The number of aromatic nitrogens is 1. The lowest BCUT2D eigenvalue weighted by atomic mass is 10.5. The number of rotatable bonds is 0. The molecule has 0 aliphatic carbocycles. The molecule has 3 heteroatoms. The van der Waals surface area contributed by atoms with E-state index in [1.54, 1.807) is 0 Å². The van der Waals surface area contributed by atoms with Crippen LogP contribution in [0.15, 0.2) is 18.5 Å². The molecule has 0 saturated carbocycles. The molecule has 1 nitrogen and oxygen atoms in total. The van der Waals surface area contributed by atoms with Gasteiger partial charge in [-0.3, -0.25) is 4.98 Å². The maximum atomic E-state index is 12.0. The van der Waals surface area contributed by atoms with Crippen LogP contribution in [0.5, 0.6) is 0 Å². The van der Waals surface area contributed by atoms with Crippen LogP contribution in [0.4, 0.5) is 4.39 Å². The molecule has 42 valence electrons. The van der Waals surface area contributed by atoms with E-state index in [4.69, 9.17) is 11.6 Å². The van der Waals surface area contributed by atoms with Crippen LogP contribution in [0.25, 0.3) is 0 Å². The average molecular weight is 132 g/mol. The summed E-state index contributed by atoms with van der Waals surface area (Å²) in [5, 5.41) is 0.324. The van der Waals surface area contributed by atoms with Gasteiger partial charge in [0.25, 0.3) is 0 Å². The normalized spacial score (nSPS) is 9.25. The third-order valence-electron chi connectivity index (χ3n) is 0.672. The summed E-state index contributed by atoms with van der Waals surface area (Å²) in [5.41, 5.74) is 0. The Hall–Kier alpha value is -0.630. The SMILES string of the molecule is Fc1cncc(Cl)c1. The van der Waals surface area contributed by atoms with E-state index in [0.717, 1.165) is 6.20 Å². The van der Waals surface area contributed by atoms with Crippen molar-refractivity contribution in [1.29, 1.82) is 0 Å². The minimum Gasteiger partial charge on any atom is -0.260 e. The number of hydrogen-bond donors (Lipinski definition) is 0. The van der Waals surface area contributed by atoms with Crippen molar-refractivity contribution in [1.82, 2.24) is 4.98 Å². The van der Waals surface area contributed by atoms with Crippen LogP contribution in [0.2, 0.25) is 5.02 Å². The Balaban J connectivity index is 3.08. The van der Waals surface area contributed by atoms with Gasteiger partial charge in [-0.25, -0.2) is 4.39 Å². The van der Waals surface area contributed by atoms with Crippen molar-refractivity contribution in [2.45, 2.75) is 0 Å². The molecule has 0 unspecified atom stereocenters. The maximum absolute atomic E-state index is 12.0. The van der Waals surface area contributed by atoms with Crippen LogP contribution >= 0.6 is 11.6 Å². The molecule has 0 aliphatic heterocycles. The zero-order valence-corrected chi connectivity index (χ0v) is 4.69. The summed E-state index contributed by atoms with van der Waals surface area (Å²) in [7, 11) is 0. The van der Waals surface area contributed by atoms with Crippen LogP contribution in [-0.2, 0) is 0 Å². The third kappa shape index (κ3) is 1.17. The van der Waals surface area contributed by atoms with Gasteiger partial charge >= 0.3 is 0 Å². The second-order valence-electron chi connectivity index (χ2n) is 1.32. The lowest BCUT2D eigenvalue weighted by Gasteiger charge is -1.84. The molecule has 1 aromatic rings. The molecule has 0 spiro atoms. The van der Waals surface area contributed by atoms with Gasteiger partial charge in [0, 0.05) is 6.20 Å². The summed E-state index contributed by atoms with van der Waals surface area (Å²) in [6.07, 6.45) is 2.48. The first-order chi connectivity index (χ1) is 3.79. The van der Waals surface area contributed by atoms with Crippen LogP contribution in [0.3, 0.4) is 0 Å².